The average molecular weight is 472 g/mol. The average Bonchev–Trinajstić information content (AvgIpc) is 2.65. The molecule has 0 aliphatic rings. The lowest BCUT2D eigenvalue weighted by atomic mass is 10.2. The van der Waals surface area contributed by atoms with E-state index in [2.05, 4.69) is 5.32 Å². The number of nitro benzene ring substituents is 1. The van der Waals surface area contributed by atoms with Crippen molar-refractivity contribution in [1.82, 2.24) is 9.62 Å². The summed E-state index contributed by atoms with van der Waals surface area (Å²) in [6.45, 7) is 8.15. The predicted molar refractivity (Wildman–Crippen MR) is 116 cm³/mol. The van der Waals surface area contributed by atoms with Crippen LogP contribution in [0.25, 0.3) is 0 Å². The van der Waals surface area contributed by atoms with Gasteiger partial charge in [0.05, 0.1) is 16.4 Å². The minimum absolute atomic E-state index is 0.147. The van der Waals surface area contributed by atoms with E-state index in [1.807, 2.05) is 0 Å². The van der Waals surface area contributed by atoms with Crippen molar-refractivity contribution in [2.24, 2.45) is 0 Å². The molecule has 178 valence electrons. The summed E-state index contributed by atoms with van der Waals surface area (Å²) >= 11 is 0. The van der Waals surface area contributed by atoms with Crippen molar-refractivity contribution in [2.45, 2.75) is 51.2 Å². The minimum Gasteiger partial charge on any atom is -0.463 e. The molecule has 0 aliphatic heterocycles. The molecule has 1 N–H and O–H groups in total. The summed E-state index contributed by atoms with van der Waals surface area (Å²) < 4.78 is 37.2. The predicted octanol–water partition coefficient (Wildman–Crippen LogP) is 2.62. The van der Waals surface area contributed by atoms with Gasteiger partial charge in [0.15, 0.2) is 0 Å². The van der Waals surface area contributed by atoms with Crippen LogP contribution in [0, 0.1) is 10.1 Å². The number of nitro groups is 1. The van der Waals surface area contributed by atoms with Gasteiger partial charge in [-0.05, 0) is 46.8 Å². The highest BCUT2D eigenvalue weighted by molar-refractivity contribution is 7.89. The first-order chi connectivity index (χ1) is 14.8. The van der Waals surface area contributed by atoms with Crippen molar-refractivity contribution >= 4 is 27.8 Å². The first-order valence-corrected chi connectivity index (χ1v) is 11.3. The van der Waals surface area contributed by atoms with E-state index in [9.17, 15) is 28.1 Å². The molecule has 32 heavy (non-hydrogen) atoms. The molecule has 1 amide bonds. The highest BCUT2D eigenvalue weighted by atomic mass is 32.2. The summed E-state index contributed by atoms with van der Waals surface area (Å²) in [6, 6.07) is 3.78. The third kappa shape index (κ3) is 9.02. The Bertz CT molecular complexity index is 937. The van der Waals surface area contributed by atoms with Crippen LogP contribution in [0.5, 0.6) is 0 Å². The maximum absolute atomic E-state index is 13.1. The van der Waals surface area contributed by atoms with Crippen LogP contribution in [0.2, 0.25) is 0 Å². The topological polar surface area (TPSA) is 145 Å². The third-order valence-electron chi connectivity index (χ3n) is 3.78. The van der Waals surface area contributed by atoms with Gasteiger partial charge in [0.2, 0.25) is 10.0 Å². The molecule has 0 aromatic heterocycles. The van der Waals surface area contributed by atoms with Crippen molar-refractivity contribution in [2.75, 3.05) is 19.7 Å². The van der Waals surface area contributed by atoms with E-state index in [0.29, 0.717) is 0 Å². The molecule has 0 radical (unpaired) electrons. The van der Waals surface area contributed by atoms with Gasteiger partial charge in [-0.15, -0.1) is 0 Å². The first kappa shape index (κ1) is 27.0. The van der Waals surface area contributed by atoms with Crippen LogP contribution in [0.1, 0.15) is 34.6 Å². The number of esters is 1. The normalized spacial score (nSPS) is 13.1. The summed E-state index contributed by atoms with van der Waals surface area (Å²) in [5.41, 5.74) is -0.978. The smallest absolute Gasteiger partial charge is 0.407 e. The van der Waals surface area contributed by atoms with Gasteiger partial charge in [-0.1, -0.05) is 6.08 Å². The molecule has 12 heteroatoms. The number of sulfonamides is 1. The van der Waals surface area contributed by atoms with E-state index in [0.717, 1.165) is 34.6 Å². The zero-order valence-electron chi connectivity index (χ0n) is 18.7. The second-order valence-corrected chi connectivity index (χ2v) is 9.71. The number of non-ortho nitro benzene ring substituents is 1. The number of ether oxygens (including phenoxy) is 2. The Labute approximate surface area is 187 Å². The van der Waals surface area contributed by atoms with E-state index in [1.165, 1.54) is 6.08 Å². The Kier molecular flexibility index (Phi) is 9.79. The fourth-order valence-electron chi connectivity index (χ4n) is 2.48. The van der Waals surface area contributed by atoms with Crippen LogP contribution in [0.4, 0.5) is 10.5 Å². The Morgan fingerprint density at radius 1 is 1.25 bits per heavy atom. The zero-order chi connectivity index (χ0) is 24.5. The molecule has 1 rings (SSSR count). The summed E-state index contributed by atoms with van der Waals surface area (Å²) in [7, 11) is -4.10. The van der Waals surface area contributed by atoms with Crippen LogP contribution >= 0.6 is 0 Å². The molecule has 0 bridgehead atoms. The standard InChI is InChI=1S/C20H29N3O8S/c1-6-30-18(24)8-7-13-22(14-15(2)21-19(25)31-20(3,4)5)32(28,29)17-11-9-16(10-12-17)23(26)27/h7-12,15H,6,13-14H2,1-5H3,(H,21,25)/b8-7+/t15-/m1/s1. The number of carbonyl (C=O) groups excluding carboxylic acids is 2. The van der Waals surface area contributed by atoms with Crippen LogP contribution in [0.3, 0.4) is 0 Å². The zero-order valence-corrected chi connectivity index (χ0v) is 19.5. The molecular formula is C20H29N3O8S. The maximum Gasteiger partial charge on any atom is 0.407 e. The van der Waals surface area contributed by atoms with Gasteiger partial charge >= 0.3 is 12.1 Å². The van der Waals surface area contributed by atoms with E-state index in [1.54, 1.807) is 34.6 Å². The molecule has 0 unspecified atom stereocenters. The molecule has 1 atom stereocenters. The van der Waals surface area contributed by atoms with Crippen molar-refractivity contribution in [3.8, 4) is 0 Å². The lowest BCUT2D eigenvalue weighted by molar-refractivity contribution is -0.384. The highest BCUT2D eigenvalue weighted by Gasteiger charge is 2.27. The summed E-state index contributed by atoms with van der Waals surface area (Å²) in [6.07, 6.45) is 1.72. The number of hydrogen-bond donors (Lipinski definition) is 1. The Morgan fingerprint density at radius 3 is 2.34 bits per heavy atom. The van der Waals surface area contributed by atoms with Gasteiger partial charge in [-0.25, -0.2) is 18.0 Å². The van der Waals surface area contributed by atoms with Gasteiger partial charge in [-0.3, -0.25) is 10.1 Å². The lowest BCUT2D eigenvalue weighted by Gasteiger charge is -2.26. The number of hydrogen-bond acceptors (Lipinski definition) is 8. The van der Waals surface area contributed by atoms with E-state index < -0.39 is 38.7 Å². The van der Waals surface area contributed by atoms with Crippen LogP contribution in [-0.2, 0) is 24.3 Å². The molecule has 11 nitrogen and oxygen atoms in total. The highest BCUT2D eigenvalue weighted by Crippen LogP contribution is 2.20. The number of benzene rings is 1. The molecule has 0 spiro atoms. The molecule has 1 aromatic rings. The molecule has 0 saturated heterocycles. The Hall–Kier alpha value is -2.99. The van der Waals surface area contributed by atoms with Gasteiger partial charge in [0, 0.05) is 37.3 Å². The molecule has 0 fully saturated rings. The van der Waals surface area contributed by atoms with Gasteiger partial charge in [0.25, 0.3) is 5.69 Å². The van der Waals surface area contributed by atoms with Crippen LogP contribution < -0.4 is 5.32 Å². The molecule has 0 heterocycles. The summed E-state index contributed by atoms with van der Waals surface area (Å²) in [5.74, 6) is -0.625. The number of carbonyl (C=O) groups is 2. The van der Waals surface area contributed by atoms with Crippen molar-refractivity contribution in [3.63, 3.8) is 0 Å². The van der Waals surface area contributed by atoms with Gasteiger partial charge in [0.1, 0.15) is 5.60 Å². The van der Waals surface area contributed by atoms with Crippen molar-refractivity contribution in [1.29, 1.82) is 0 Å². The van der Waals surface area contributed by atoms with Gasteiger partial charge in [-0.2, -0.15) is 4.31 Å². The van der Waals surface area contributed by atoms with Crippen LogP contribution in [0.15, 0.2) is 41.3 Å². The maximum atomic E-state index is 13.1. The summed E-state index contributed by atoms with van der Waals surface area (Å²) in [5, 5.41) is 13.4. The van der Waals surface area contributed by atoms with E-state index in [4.69, 9.17) is 9.47 Å². The second-order valence-electron chi connectivity index (χ2n) is 7.77. The van der Waals surface area contributed by atoms with Crippen molar-refractivity contribution < 1.29 is 32.4 Å². The number of nitrogens with zero attached hydrogens (tertiary/aromatic N) is 2. The van der Waals surface area contributed by atoms with E-state index >= 15 is 0 Å². The van der Waals surface area contributed by atoms with E-state index in [-0.39, 0.29) is 30.3 Å². The molecular weight excluding hydrogens is 442 g/mol. The minimum atomic E-state index is -4.10. The fourth-order valence-corrected chi connectivity index (χ4v) is 3.96. The monoisotopic (exact) mass is 471 g/mol. The third-order valence-corrected chi connectivity index (χ3v) is 5.62. The lowest BCUT2D eigenvalue weighted by Crippen LogP contribution is -2.45. The fraction of sp³-hybridized carbons (Fsp3) is 0.500. The Balaban J connectivity index is 3.08. The first-order valence-electron chi connectivity index (χ1n) is 9.83. The number of rotatable bonds is 10. The quantitative estimate of drug-likeness (QED) is 0.237. The Morgan fingerprint density at radius 2 is 1.84 bits per heavy atom. The van der Waals surface area contributed by atoms with Gasteiger partial charge < -0.3 is 14.8 Å². The second kappa shape index (κ2) is 11.6. The molecule has 1 aromatic carbocycles. The summed E-state index contributed by atoms with van der Waals surface area (Å²) in [4.78, 5) is 33.6. The van der Waals surface area contributed by atoms with Crippen molar-refractivity contribution in [3.05, 3.63) is 46.5 Å². The number of nitrogens with one attached hydrogen (secondary N) is 1. The number of alkyl carbamates (subject to hydrolysis) is 1. The van der Waals surface area contributed by atoms with Crippen LogP contribution in [-0.4, -0.2) is 61.0 Å². The SMILES string of the molecule is CCOC(=O)/C=C/CN(C[C@@H](C)NC(=O)OC(C)(C)C)S(=O)(=O)c1ccc([N+](=O)[O-])cc1. The largest absolute Gasteiger partial charge is 0.463 e. The number of amides is 1. The molecule has 0 saturated carbocycles. The molecule has 0 aliphatic carbocycles.